The van der Waals surface area contributed by atoms with Gasteiger partial charge in [-0.05, 0) is 54.7 Å². The van der Waals surface area contributed by atoms with Crippen LogP contribution in [0.1, 0.15) is 5.76 Å². The molecular formula is C16H12N2O4S. The quantitative estimate of drug-likeness (QED) is 0.511. The minimum Gasteiger partial charge on any atom is -0.497 e. The Hall–Kier alpha value is -2.93. The van der Waals surface area contributed by atoms with Gasteiger partial charge in [0.2, 0.25) is 0 Å². The van der Waals surface area contributed by atoms with Crippen molar-refractivity contribution in [3.05, 3.63) is 47.7 Å². The topological polar surface area (TPSA) is 80.6 Å². The molecule has 0 saturated carbocycles. The Kier molecular flexibility index (Phi) is 3.94. The molecule has 2 amide bonds. The first-order chi connectivity index (χ1) is 11.1. The fourth-order valence-electron chi connectivity index (χ4n) is 2.09. The lowest BCUT2D eigenvalue weighted by atomic mass is 10.1. The van der Waals surface area contributed by atoms with Gasteiger partial charge in [0.1, 0.15) is 22.8 Å². The lowest BCUT2D eigenvalue weighted by Gasteiger charge is -2.15. The highest BCUT2D eigenvalue weighted by atomic mass is 32.1. The van der Waals surface area contributed by atoms with Crippen molar-refractivity contribution < 1.29 is 18.7 Å². The van der Waals surface area contributed by atoms with E-state index in [1.165, 1.54) is 6.08 Å². The number of carbonyl (C=O) groups is 2. The highest BCUT2D eigenvalue weighted by Crippen LogP contribution is 2.25. The first kappa shape index (κ1) is 15.0. The van der Waals surface area contributed by atoms with Crippen molar-refractivity contribution in [1.29, 1.82) is 0 Å². The molecule has 1 saturated heterocycles. The average molecular weight is 328 g/mol. The SMILES string of the molecule is COc1ccc(-c2ccc(C=C3C(=O)NC(=S)NC3=O)o2)cc1. The van der Waals surface area contributed by atoms with Gasteiger partial charge < -0.3 is 9.15 Å². The number of nitrogens with one attached hydrogen (secondary N) is 2. The summed E-state index contributed by atoms with van der Waals surface area (Å²) in [7, 11) is 1.60. The third-order valence-corrected chi connectivity index (χ3v) is 3.44. The molecule has 0 spiro atoms. The first-order valence-corrected chi connectivity index (χ1v) is 7.10. The van der Waals surface area contributed by atoms with Crippen molar-refractivity contribution in [1.82, 2.24) is 10.6 Å². The van der Waals surface area contributed by atoms with Crippen molar-refractivity contribution in [3.8, 4) is 17.1 Å². The third-order valence-electron chi connectivity index (χ3n) is 3.23. The molecule has 0 atom stereocenters. The van der Waals surface area contributed by atoms with E-state index < -0.39 is 11.8 Å². The molecule has 0 unspecified atom stereocenters. The Balaban J connectivity index is 1.86. The molecule has 0 bridgehead atoms. The summed E-state index contributed by atoms with van der Waals surface area (Å²) in [5.41, 5.74) is 0.795. The number of hydrogen-bond acceptors (Lipinski definition) is 5. The van der Waals surface area contributed by atoms with E-state index in [1.54, 1.807) is 19.2 Å². The van der Waals surface area contributed by atoms with Gasteiger partial charge in [-0.2, -0.15) is 0 Å². The Morgan fingerprint density at radius 1 is 1.04 bits per heavy atom. The van der Waals surface area contributed by atoms with E-state index in [4.69, 9.17) is 21.4 Å². The van der Waals surface area contributed by atoms with Crippen LogP contribution in [0.25, 0.3) is 17.4 Å². The molecule has 1 aromatic heterocycles. The van der Waals surface area contributed by atoms with E-state index >= 15 is 0 Å². The zero-order chi connectivity index (χ0) is 16.4. The molecule has 23 heavy (non-hydrogen) atoms. The number of amides is 2. The van der Waals surface area contributed by atoms with Gasteiger partial charge >= 0.3 is 0 Å². The Bertz CT molecular complexity index is 799. The van der Waals surface area contributed by atoms with Crippen LogP contribution in [0.4, 0.5) is 0 Å². The summed E-state index contributed by atoms with van der Waals surface area (Å²) in [5, 5.41) is 4.73. The molecule has 7 heteroatoms. The number of hydrogen-bond donors (Lipinski definition) is 2. The van der Waals surface area contributed by atoms with Gasteiger partial charge in [0, 0.05) is 5.56 Å². The van der Waals surface area contributed by atoms with Crippen LogP contribution < -0.4 is 15.4 Å². The molecule has 116 valence electrons. The summed E-state index contributed by atoms with van der Waals surface area (Å²) in [5.74, 6) is 0.645. The van der Waals surface area contributed by atoms with Crippen molar-refractivity contribution in [2.24, 2.45) is 0 Å². The fraction of sp³-hybridized carbons (Fsp3) is 0.0625. The van der Waals surface area contributed by atoms with Crippen molar-refractivity contribution in [2.75, 3.05) is 7.11 Å². The summed E-state index contributed by atoms with van der Waals surface area (Å²) in [6.45, 7) is 0. The molecule has 0 aliphatic carbocycles. The van der Waals surface area contributed by atoms with Crippen LogP contribution >= 0.6 is 12.2 Å². The molecule has 1 aliphatic heterocycles. The Morgan fingerprint density at radius 2 is 1.70 bits per heavy atom. The molecule has 2 heterocycles. The zero-order valence-electron chi connectivity index (χ0n) is 12.1. The van der Waals surface area contributed by atoms with Gasteiger partial charge in [-0.15, -0.1) is 0 Å². The third kappa shape index (κ3) is 3.14. The van der Waals surface area contributed by atoms with E-state index in [0.717, 1.165) is 11.3 Å². The van der Waals surface area contributed by atoms with E-state index in [9.17, 15) is 9.59 Å². The molecule has 3 rings (SSSR count). The Morgan fingerprint density at radius 3 is 2.30 bits per heavy atom. The molecule has 2 aromatic rings. The predicted molar refractivity (Wildman–Crippen MR) is 87.6 cm³/mol. The number of thiocarbonyl (C=S) groups is 1. The summed E-state index contributed by atoms with van der Waals surface area (Å²) < 4.78 is 10.8. The number of ether oxygens (including phenoxy) is 1. The average Bonchev–Trinajstić information content (AvgIpc) is 2.99. The number of benzene rings is 1. The normalized spacial score (nSPS) is 14.3. The van der Waals surface area contributed by atoms with Gasteiger partial charge in [0.25, 0.3) is 11.8 Å². The van der Waals surface area contributed by atoms with Gasteiger partial charge in [-0.1, -0.05) is 0 Å². The van der Waals surface area contributed by atoms with Crippen LogP contribution in [0.15, 0.2) is 46.4 Å². The van der Waals surface area contributed by atoms with Crippen molar-refractivity contribution >= 4 is 35.2 Å². The van der Waals surface area contributed by atoms with E-state index in [2.05, 4.69) is 10.6 Å². The highest BCUT2D eigenvalue weighted by molar-refractivity contribution is 7.80. The van der Waals surface area contributed by atoms with Gasteiger partial charge in [-0.3, -0.25) is 20.2 Å². The Labute approximate surface area is 137 Å². The summed E-state index contributed by atoms with van der Waals surface area (Å²) in [4.78, 5) is 23.6. The van der Waals surface area contributed by atoms with Gasteiger partial charge in [0.15, 0.2) is 5.11 Å². The van der Waals surface area contributed by atoms with Crippen LogP contribution in [0.3, 0.4) is 0 Å². The molecule has 2 N–H and O–H groups in total. The molecule has 6 nitrogen and oxygen atoms in total. The van der Waals surface area contributed by atoms with Gasteiger partial charge in [-0.25, -0.2) is 0 Å². The number of carbonyl (C=O) groups excluding carboxylic acids is 2. The fourth-order valence-corrected chi connectivity index (χ4v) is 2.27. The maximum absolute atomic E-state index is 11.8. The van der Waals surface area contributed by atoms with E-state index in [-0.39, 0.29) is 10.7 Å². The lowest BCUT2D eigenvalue weighted by molar-refractivity contribution is -0.123. The van der Waals surface area contributed by atoms with Crippen LogP contribution in [0.2, 0.25) is 0 Å². The van der Waals surface area contributed by atoms with Crippen LogP contribution in [-0.2, 0) is 9.59 Å². The number of rotatable bonds is 3. The minimum absolute atomic E-state index is 0.00415. The predicted octanol–water partition coefficient (Wildman–Crippen LogP) is 1.87. The summed E-state index contributed by atoms with van der Waals surface area (Å²) in [6.07, 6.45) is 1.37. The van der Waals surface area contributed by atoms with Crippen LogP contribution in [0.5, 0.6) is 5.75 Å². The summed E-state index contributed by atoms with van der Waals surface area (Å²) in [6, 6.07) is 10.8. The first-order valence-electron chi connectivity index (χ1n) is 6.69. The number of furan rings is 1. The van der Waals surface area contributed by atoms with Crippen molar-refractivity contribution in [3.63, 3.8) is 0 Å². The highest BCUT2D eigenvalue weighted by Gasteiger charge is 2.26. The maximum Gasteiger partial charge on any atom is 0.263 e. The second-order valence-electron chi connectivity index (χ2n) is 4.73. The molecule has 1 aromatic carbocycles. The van der Waals surface area contributed by atoms with Crippen LogP contribution in [0, 0.1) is 0 Å². The minimum atomic E-state index is -0.554. The smallest absolute Gasteiger partial charge is 0.263 e. The van der Waals surface area contributed by atoms with E-state index in [1.807, 2.05) is 24.3 Å². The molecule has 1 aliphatic rings. The lowest BCUT2D eigenvalue weighted by Crippen LogP contribution is -2.51. The number of methoxy groups -OCH3 is 1. The van der Waals surface area contributed by atoms with E-state index in [0.29, 0.717) is 11.5 Å². The standard InChI is InChI=1S/C16H12N2O4S/c1-21-10-4-2-9(3-5-10)13-7-6-11(22-13)8-12-14(19)17-16(23)18-15(12)20/h2-8H,1H3,(H2,17,18,19,20,23). The summed E-state index contributed by atoms with van der Waals surface area (Å²) >= 11 is 4.74. The zero-order valence-corrected chi connectivity index (χ0v) is 12.9. The largest absolute Gasteiger partial charge is 0.497 e. The molecule has 0 radical (unpaired) electrons. The maximum atomic E-state index is 11.8. The van der Waals surface area contributed by atoms with Crippen LogP contribution in [-0.4, -0.2) is 24.0 Å². The monoisotopic (exact) mass is 328 g/mol. The van der Waals surface area contributed by atoms with Gasteiger partial charge in [0.05, 0.1) is 7.11 Å². The molecule has 1 fully saturated rings. The second kappa shape index (κ2) is 6.05. The second-order valence-corrected chi connectivity index (χ2v) is 5.13. The molecular weight excluding hydrogens is 316 g/mol. The van der Waals surface area contributed by atoms with Crippen molar-refractivity contribution in [2.45, 2.75) is 0 Å².